The lowest BCUT2D eigenvalue weighted by Crippen LogP contribution is -2.49. The van der Waals surface area contributed by atoms with Gasteiger partial charge in [-0.3, -0.25) is 9.59 Å². The SMILES string of the molecule is N#Cc1cccc(Cl)c1NCc1ccc(C(=O)N2CCNC(=O)C2)cc1. The van der Waals surface area contributed by atoms with Crippen molar-refractivity contribution in [3.8, 4) is 6.07 Å². The van der Waals surface area contributed by atoms with Gasteiger partial charge >= 0.3 is 0 Å². The van der Waals surface area contributed by atoms with E-state index >= 15 is 0 Å². The zero-order valence-electron chi connectivity index (χ0n) is 14.0. The Hall–Kier alpha value is -3.04. The van der Waals surface area contributed by atoms with Crippen LogP contribution in [-0.4, -0.2) is 36.3 Å². The van der Waals surface area contributed by atoms with E-state index in [1.54, 1.807) is 30.3 Å². The van der Waals surface area contributed by atoms with Crippen LogP contribution in [-0.2, 0) is 11.3 Å². The van der Waals surface area contributed by atoms with E-state index in [4.69, 9.17) is 16.9 Å². The summed E-state index contributed by atoms with van der Waals surface area (Å²) in [6.07, 6.45) is 0. The highest BCUT2D eigenvalue weighted by Gasteiger charge is 2.22. The quantitative estimate of drug-likeness (QED) is 0.867. The number of piperazine rings is 1. The number of hydrogen-bond donors (Lipinski definition) is 2. The molecule has 1 aliphatic rings. The first-order valence-electron chi connectivity index (χ1n) is 8.16. The van der Waals surface area contributed by atoms with E-state index in [9.17, 15) is 9.59 Å². The maximum absolute atomic E-state index is 12.4. The molecule has 1 saturated heterocycles. The minimum Gasteiger partial charge on any atom is -0.379 e. The first-order valence-corrected chi connectivity index (χ1v) is 8.53. The van der Waals surface area contributed by atoms with Crippen LogP contribution in [0.15, 0.2) is 42.5 Å². The number of nitriles is 1. The molecule has 2 N–H and O–H groups in total. The second kappa shape index (κ2) is 7.89. The topological polar surface area (TPSA) is 85.2 Å². The molecule has 0 radical (unpaired) electrons. The Balaban J connectivity index is 1.66. The predicted octanol–water partition coefficient (Wildman–Crippen LogP) is 2.40. The average Bonchev–Trinajstić information content (AvgIpc) is 2.66. The second-order valence-corrected chi connectivity index (χ2v) is 6.31. The van der Waals surface area contributed by atoms with Gasteiger partial charge in [-0.2, -0.15) is 5.26 Å². The monoisotopic (exact) mass is 368 g/mol. The molecule has 1 fully saturated rings. The summed E-state index contributed by atoms with van der Waals surface area (Å²) in [7, 11) is 0. The van der Waals surface area contributed by atoms with Crippen LogP contribution in [0.1, 0.15) is 21.5 Å². The minimum absolute atomic E-state index is 0.0889. The van der Waals surface area contributed by atoms with Crippen molar-refractivity contribution in [2.24, 2.45) is 0 Å². The molecule has 132 valence electrons. The summed E-state index contributed by atoms with van der Waals surface area (Å²) < 4.78 is 0. The summed E-state index contributed by atoms with van der Waals surface area (Å²) in [4.78, 5) is 25.4. The molecule has 0 unspecified atom stereocenters. The number of nitrogens with one attached hydrogen (secondary N) is 2. The average molecular weight is 369 g/mol. The Kier molecular flexibility index (Phi) is 5.40. The van der Waals surface area contributed by atoms with Crippen molar-refractivity contribution < 1.29 is 9.59 Å². The van der Waals surface area contributed by atoms with Crippen LogP contribution in [0.3, 0.4) is 0 Å². The summed E-state index contributed by atoms with van der Waals surface area (Å²) in [5.74, 6) is -0.296. The highest BCUT2D eigenvalue weighted by atomic mass is 35.5. The maximum atomic E-state index is 12.4. The molecule has 6 nitrogen and oxygen atoms in total. The number of benzene rings is 2. The van der Waals surface area contributed by atoms with Gasteiger partial charge in [-0.05, 0) is 29.8 Å². The molecule has 0 spiro atoms. The van der Waals surface area contributed by atoms with Gasteiger partial charge in [0.25, 0.3) is 5.91 Å². The van der Waals surface area contributed by atoms with Gasteiger partial charge < -0.3 is 15.5 Å². The molecule has 1 heterocycles. The Bertz CT molecular complexity index is 874. The third-order valence-electron chi connectivity index (χ3n) is 4.13. The third kappa shape index (κ3) is 3.95. The van der Waals surface area contributed by atoms with Crippen LogP contribution in [0.4, 0.5) is 5.69 Å². The highest BCUT2D eigenvalue weighted by Crippen LogP contribution is 2.26. The molecule has 26 heavy (non-hydrogen) atoms. The summed E-state index contributed by atoms with van der Waals surface area (Å²) in [6, 6.07) is 14.4. The van der Waals surface area contributed by atoms with Crippen LogP contribution < -0.4 is 10.6 Å². The Morgan fingerprint density at radius 1 is 1.27 bits per heavy atom. The van der Waals surface area contributed by atoms with Gasteiger partial charge in [-0.15, -0.1) is 0 Å². The molecule has 3 rings (SSSR count). The Morgan fingerprint density at radius 2 is 2.04 bits per heavy atom. The number of para-hydroxylation sites is 1. The molecular formula is C19H17ClN4O2. The van der Waals surface area contributed by atoms with E-state index in [0.29, 0.717) is 41.5 Å². The molecule has 0 atom stereocenters. The standard InChI is InChI=1S/C19H17ClN4O2/c20-16-3-1-2-15(10-21)18(16)23-11-13-4-6-14(7-5-13)19(26)24-9-8-22-17(25)12-24/h1-7,23H,8-9,11-12H2,(H,22,25). The van der Waals surface area contributed by atoms with E-state index < -0.39 is 0 Å². The van der Waals surface area contributed by atoms with E-state index in [0.717, 1.165) is 5.56 Å². The van der Waals surface area contributed by atoms with Crippen LogP contribution >= 0.6 is 11.6 Å². The lowest BCUT2D eigenvalue weighted by molar-refractivity contribution is -0.123. The van der Waals surface area contributed by atoms with Crippen molar-refractivity contribution in [1.29, 1.82) is 5.26 Å². The Labute approximate surface area is 156 Å². The minimum atomic E-state index is -0.155. The van der Waals surface area contributed by atoms with Crippen molar-refractivity contribution in [3.63, 3.8) is 0 Å². The van der Waals surface area contributed by atoms with Crippen molar-refractivity contribution in [2.75, 3.05) is 25.0 Å². The molecule has 0 aromatic heterocycles. The van der Waals surface area contributed by atoms with Crippen molar-refractivity contribution in [1.82, 2.24) is 10.2 Å². The number of nitrogens with zero attached hydrogens (tertiary/aromatic N) is 2. The van der Waals surface area contributed by atoms with Gasteiger partial charge in [0.1, 0.15) is 6.07 Å². The van der Waals surface area contributed by atoms with Gasteiger partial charge in [0.2, 0.25) is 5.91 Å². The number of halogens is 1. The van der Waals surface area contributed by atoms with Gasteiger partial charge in [-0.1, -0.05) is 29.8 Å². The number of anilines is 1. The van der Waals surface area contributed by atoms with Crippen molar-refractivity contribution in [3.05, 3.63) is 64.2 Å². The zero-order valence-corrected chi connectivity index (χ0v) is 14.7. The fourth-order valence-corrected chi connectivity index (χ4v) is 2.99. The summed E-state index contributed by atoms with van der Waals surface area (Å²) in [5, 5.41) is 15.5. The normalized spacial score (nSPS) is 13.7. The van der Waals surface area contributed by atoms with Gasteiger partial charge in [0.05, 0.1) is 22.8 Å². The molecule has 0 aliphatic carbocycles. The molecule has 2 amide bonds. The Morgan fingerprint density at radius 3 is 2.73 bits per heavy atom. The lowest BCUT2D eigenvalue weighted by Gasteiger charge is -2.26. The van der Waals surface area contributed by atoms with Crippen LogP contribution in [0.5, 0.6) is 0 Å². The zero-order chi connectivity index (χ0) is 18.5. The fraction of sp³-hybridized carbons (Fsp3) is 0.211. The number of carbonyl (C=O) groups is 2. The van der Waals surface area contributed by atoms with Gasteiger partial charge in [0, 0.05) is 25.2 Å². The van der Waals surface area contributed by atoms with Crippen molar-refractivity contribution in [2.45, 2.75) is 6.54 Å². The molecule has 2 aromatic rings. The molecule has 7 heteroatoms. The number of rotatable bonds is 4. The molecular weight excluding hydrogens is 352 g/mol. The number of amides is 2. The van der Waals surface area contributed by atoms with E-state index in [1.165, 1.54) is 4.90 Å². The number of carbonyl (C=O) groups excluding carboxylic acids is 2. The summed E-state index contributed by atoms with van der Waals surface area (Å²) >= 11 is 6.14. The van der Waals surface area contributed by atoms with Crippen molar-refractivity contribution >= 4 is 29.1 Å². The smallest absolute Gasteiger partial charge is 0.254 e. The van der Waals surface area contributed by atoms with Gasteiger partial charge in [-0.25, -0.2) is 0 Å². The van der Waals surface area contributed by atoms with Gasteiger partial charge in [0.15, 0.2) is 0 Å². The summed E-state index contributed by atoms with van der Waals surface area (Å²) in [5.41, 5.74) is 2.56. The fourth-order valence-electron chi connectivity index (χ4n) is 2.75. The lowest BCUT2D eigenvalue weighted by atomic mass is 10.1. The van der Waals surface area contributed by atoms with Crippen LogP contribution in [0.2, 0.25) is 5.02 Å². The highest BCUT2D eigenvalue weighted by molar-refractivity contribution is 6.33. The number of hydrogen-bond acceptors (Lipinski definition) is 4. The second-order valence-electron chi connectivity index (χ2n) is 5.90. The molecule has 1 aliphatic heterocycles. The first kappa shape index (κ1) is 17.8. The van der Waals surface area contributed by atoms with E-state index in [-0.39, 0.29) is 18.4 Å². The molecule has 0 saturated carbocycles. The first-order chi connectivity index (χ1) is 12.6. The largest absolute Gasteiger partial charge is 0.379 e. The van der Waals surface area contributed by atoms with Crippen LogP contribution in [0, 0.1) is 11.3 Å². The molecule has 0 bridgehead atoms. The predicted molar refractivity (Wildman–Crippen MR) is 98.8 cm³/mol. The molecule has 2 aromatic carbocycles. The third-order valence-corrected chi connectivity index (χ3v) is 4.44. The maximum Gasteiger partial charge on any atom is 0.254 e. The summed E-state index contributed by atoms with van der Waals surface area (Å²) in [6.45, 7) is 1.55. The van der Waals surface area contributed by atoms with E-state index in [2.05, 4.69) is 16.7 Å². The van der Waals surface area contributed by atoms with E-state index in [1.807, 2.05) is 12.1 Å². The van der Waals surface area contributed by atoms with Crippen LogP contribution in [0.25, 0.3) is 0 Å².